The van der Waals surface area contributed by atoms with Crippen LogP contribution in [0.5, 0.6) is 0 Å². The van der Waals surface area contributed by atoms with Crippen LogP contribution < -0.4 is 5.32 Å². The fourth-order valence-corrected chi connectivity index (χ4v) is 3.59. The van der Waals surface area contributed by atoms with Crippen LogP contribution in [0.2, 0.25) is 4.34 Å². The predicted molar refractivity (Wildman–Crippen MR) is 102 cm³/mol. The normalized spacial score (nSPS) is 12.2. The lowest BCUT2D eigenvalue weighted by molar-refractivity contribution is -0.111. The molecule has 0 aliphatic carbocycles. The molecule has 0 aliphatic rings. The Hall–Kier alpha value is -2.42. The molecule has 134 valence electrons. The molecule has 9 heteroatoms. The number of thiazole rings is 1. The van der Waals surface area contributed by atoms with Crippen LogP contribution in [0, 0.1) is 0 Å². The van der Waals surface area contributed by atoms with E-state index in [1.807, 2.05) is 0 Å². The van der Waals surface area contributed by atoms with Crippen molar-refractivity contribution >= 4 is 55.5 Å². The molecule has 0 spiro atoms. The number of nitrogens with zero attached hydrogens (tertiary/aromatic N) is 1. The van der Waals surface area contributed by atoms with Gasteiger partial charge in [0.05, 0.1) is 22.9 Å². The number of rotatable bonds is 5. The maximum Gasteiger partial charge on any atom is 0.258 e. The number of carbonyl (C=O) groups is 1. The topological polar surface area (TPSA) is 89.3 Å². The van der Waals surface area contributed by atoms with Crippen LogP contribution in [-0.2, 0) is 14.6 Å². The van der Waals surface area contributed by atoms with Crippen molar-refractivity contribution in [2.24, 2.45) is 0 Å². The third-order valence-electron chi connectivity index (χ3n) is 3.37. The highest BCUT2D eigenvalue weighted by Gasteiger charge is 2.16. The van der Waals surface area contributed by atoms with Crippen molar-refractivity contribution in [1.82, 2.24) is 4.98 Å². The number of benzene rings is 1. The fraction of sp³-hybridized carbons (Fsp3) is 0.0588. The molecule has 1 N–H and O–H groups in total. The highest BCUT2D eigenvalue weighted by Crippen LogP contribution is 2.26. The quantitative estimate of drug-likeness (QED) is 0.645. The van der Waals surface area contributed by atoms with Gasteiger partial charge in [-0.05, 0) is 35.9 Å². The minimum atomic E-state index is -3.32. The van der Waals surface area contributed by atoms with Gasteiger partial charge < -0.3 is 4.42 Å². The summed E-state index contributed by atoms with van der Waals surface area (Å²) >= 11 is 6.97. The molecule has 0 fully saturated rings. The van der Waals surface area contributed by atoms with Gasteiger partial charge in [-0.2, -0.15) is 0 Å². The minimum Gasteiger partial charge on any atom is -0.465 e. The summed E-state index contributed by atoms with van der Waals surface area (Å²) in [4.78, 5) is 16.9. The zero-order chi connectivity index (χ0) is 18.7. The van der Waals surface area contributed by atoms with E-state index in [2.05, 4.69) is 10.3 Å². The maximum absolute atomic E-state index is 12.7. The Labute approximate surface area is 159 Å². The molecule has 0 saturated carbocycles. The Morgan fingerprint density at radius 1 is 1.27 bits per heavy atom. The number of sulfone groups is 1. The second-order valence-electron chi connectivity index (χ2n) is 5.29. The van der Waals surface area contributed by atoms with E-state index in [-0.39, 0.29) is 4.90 Å². The van der Waals surface area contributed by atoms with Crippen LogP contribution in [0.25, 0.3) is 11.6 Å². The summed E-state index contributed by atoms with van der Waals surface area (Å²) in [7, 11) is -3.32. The molecule has 1 amide bonds. The largest absolute Gasteiger partial charge is 0.465 e. The third-order valence-corrected chi connectivity index (χ3v) is 5.52. The first-order valence-corrected chi connectivity index (χ1v) is 10.4. The standard InChI is InChI=1S/C17H13ClN2O4S2/c1-26(22,23)13-6-4-11(5-7-13)14(9-12-3-2-8-24-12)16(21)20-17-19-10-15(18)25-17/h2-10H,1H3,(H,19,20,21)/b14-9+. The van der Waals surface area contributed by atoms with Crippen molar-refractivity contribution < 1.29 is 17.6 Å². The molecule has 26 heavy (non-hydrogen) atoms. The van der Waals surface area contributed by atoms with Crippen LogP contribution in [0.4, 0.5) is 5.13 Å². The second-order valence-corrected chi connectivity index (χ2v) is 8.97. The Morgan fingerprint density at radius 3 is 2.54 bits per heavy atom. The minimum absolute atomic E-state index is 0.172. The molecule has 0 bridgehead atoms. The number of aromatic nitrogens is 1. The molecular formula is C17H13ClN2O4S2. The van der Waals surface area contributed by atoms with E-state index in [0.29, 0.717) is 26.4 Å². The lowest BCUT2D eigenvalue weighted by Gasteiger charge is -2.08. The van der Waals surface area contributed by atoms with Crippen LogP contribution in [0.15, 0.2) is 58.2 Å². The number of halogens is 1. The van der Waals surface area contributed by atoms with Crippen molar-refractivity contribution in [1.29, 1.82) is 0 Å². The molecular weight excluding hydrogens is 396 g/mol. The molecule has 2 aromatic heterocycles. The van der Waals surface area contributed by atoms with Crippen molar-refractivity contribution in [3.63, 3.8) is 0 Å². The first-order chi connectivity index (χ1) is 12.3. The van der Waals surface area contributed by atoms with Gasteiger partial charge in [-0.25, -0.2) is 13.4 Å². The van der Waals surface area contributed by atoms with Gasteiger partial charge in [0.15, 0.2) is 15.0 Å². The monoisotopic (exact) mass is 408 g/mol. The molecule has 0 radical (unpaired) electrons. The van der Waals surface area contributed by atoms with Gasteiger partial charge in [0.2, 0.25) is 0 Å². The number of nitrogens with one attached hydrogen (secondary N) is 1. The van der Waals surface area contributed by atoms with Crippen LogP contribution in [0.3, 0.4) is 0 Å². The molecule has 0 saturated heterocycles. The van der Waals surface area contributed by atoms with Crippen molar-refractivity contribution in [2.45, 2.75) is 4.90 Å². The summed E-state index contributed by atoms with van der Waals surface area (Å²) in [6.45, 7) is 0. The Balaban J connectivity index is 1.97. The predicted octanol–water partition coefficient (Wildman–Crippen LogP) is 3.97. The summed E-state index contributed by atoms with van der Waals surface area (Å²) < 4.78 is 29.0. The number of amides is 1. The van der Waals surface area contributed by atoms with E-state index in [1.54, 1.807) is 30.3 Å². The van der Waals surface area contributed by atoms with Crippen LogP contribution >= 0.6 is 22.9 Å². The summed E-state index contributed by atoms with van der Waals surface area (Å²) in [5.41, 5.74) is 0.834. The van der Waals surface area contributed by atoms with Gasteiger partial charge in [-0.3, -0.25) is 10.1 Å². The summed E-state index contributed by atoms with van der Waals surface area (Å²) in [6.07, 6.45) is 5.63. The number of hydrogen-bond acceptors (Lipinski definition) is 6. The molecule has 0 aliphatic heterocycles. The van der Waals surface area contributed by atoms with E-state index in [4.69, 9.17) is 16.0 Å². The number of furan rings is 1. The van der Waals surface area contributed by atoms with Crippen LogP contribution in [-0.4, -0.2) is 25.6 Å². The summed E-state index contributed by atoms with van der Waals surface area (Å²) in [6, 6.07) is 9.45. The Morgan fingerprint density at radius 2 is 2.00 bits per heavy atom. The number of hydrogen-bond donors (Lipinski definition) is 1. The molecule has 6 nitrogen and oxygen atoms in total. The molecule has 1 aromatic carbocycles. The summed E-state index contributed by atoms with van der Waals surface area (Å²) in [5.74, 6) is 0.0685. The number of anilines is 1. The Kier molecular flexibility index (Phi) is 5.26. The fourth-order valence-electron chi connectivity index (χ4n) is 2.15. The van der Waals surface area contributed by atoms with Gasteiger partial charge in [-0.1, -0.05) is 35.1 Å². The average Bonchev–Trinajstić information content (AvgIpc) is 3.23. The van der Waals surface area contributed by atoms with E-state index >= 15 is 0 Å². The highest BCUT2D eigenvalue weighted by atomic mass is 35.5. The van der Waals surface area contributed by atoms with E-state index in [0.717, 1.165) is 17.6 Å². The van der Waals surface area contributed by atoms with Gasteiger partial charge in [0.1, 0.15) is 10.1 Å². The average molecular weight is 409 g/mol. The second kappa shape index (κ2) is 7.45. The zero-order valence-electron chi connectivity index (χ0n) is 13.5. The smallest absolute Gasteiger partial charge is 0.258 e. The molecule has 3 aromatic rings. The SMILES string of the molecule is CS(=O)(=O)c1ccc(/C(=C\c2ccco2)C(=O)Nc2ncc(Cl)s2)cc1. The first-order valence-electron chi connectivity index (χ1n) is 7.31. The molecule has 2 heterocycles. The van der Waals surface area contributed by atoms with Gasteiger partial charge in [0, 0.05) is 6.26 Å². The zero-order valence-corrected chi connectivity index (χ0v) is 15.9. The van der Waals surface area contributed by atoms with Crippen molar-refractivity contribution in [3.05, 3.63) is 64.5 Å². The van der Waals surface area contributed by atoms with Gasteiger partial charge in [-0.15, -0.1) is 0 Å². The van der Waals surface area contributed by atoms with E-state index < -0.39 is 15.7 Å². The van der Waals surface area contributed by atoms with Crippen molar-refractivity contribution in [3.8, 4) is 0 Å². The highest BCUT2D eigenvalue weighted by molar-refractivity contribution is 7.90. The van der Waals surface area contributed by atoms with E-state index in [1.165, 1.54) is 24.6 Å². The van der Waals surface area contributed by atoms with Gasteiger partial charge in [0.25, 0.3) is 5.91 Å². The Bertz CT molecular complexity index is 1050. The number of carbonyl (C=O) groups excluding carboxylic acids is 1. The molecule has 0 atom stereocenters. The third kappa shape index (κ3) is 4.40. The lowest BCUT2D eigenvalue weighted by atomic mass is 10.0. The van der Waals surface area contributed by atoms with Gasteiger partial charge >= 0.3 is 0 Å². The lowest BCUT2D eigenvalue weighted by Crippen LogP contribution is -2.13. The van der Waals surface area contributed by atoms with Crippen LogP contribution in [0.1, 0.15) is 11.3 Å². The van der Waals surface area contributed by atoms with Crippen molar-refractivity contribution in [2.75, 3.05) is 11.6 Å². The van der Waals surface area contributed by atoms with E-state index in [9.17, 15) is 13.2 Å². The molecule has 0 unspecified atom stereocenters. The molecule has 3 rings (SSSR count). The summed E-state index contributed by atoms with van der Waals surface area (Å²) in [5, 5.41) is 3.03. The first kappa shape index (κ1) is 18.4. The maximum atomic E-state index is 12.7.